The van der Waals surface area contributed by atoms with E-state index in [1.54, 1.807) is 35.2 Å². The summed E-state index contributed by atoms with van der Waals surface area (Å²) in [4.78, 5) is 17.2. The number of carbonyl (C=O) groups is 1. The van der Waals surface area contributed by atoms with Crippen molar-refractivity contribution in [2.75, 3.05) is 24.5 Å². The van der Waals surface area contributed by atoms with Crippen molar-refractivity contribution in [2.45, 2.75) is 24.8 Å². The Labute approximate surface area is 195 Å². The van der Waals surface area contributed by atoms with Crippen LogP contribution in [0.15, 0.2) is 60.7 Å². The molecule has 5 rings (SSSR count). The minimum Gasteiger partial charge on any atom is -0.307 e. The summed E-state index contributed by atoms with van der Waals surface area (Å²) in [6, 6.07) is 15.0. The molecule has 0 aliphatic carbocycles. The van der Waals surface area contributed by atoms with Crippen LogP contribution in [-0.2, 0) is 12.0 Å². The van der Waals surface area contributed by atoms with Gasteiger partial charge in [-0.2, -0.15) is 0 Å². The predicted octanol–water partition coefficient (Wildman–Crippen LogP) is 5.95. The zero-order chi connectivity index (χ0) is 23.2. The Morgan fingerprint density at radius 3 is 2.33 bits per heavy atom. The van der Waals surface area contributed by atoms with Crippen LogP contribution in [0.4, 0.5) is 18.9 Å². The lowest BCUT2D eigenvalue weighted by atomic mass is 9.74. The third-order valence-corrected chi connectivity index (χ3v) is 6.98. The van der Waals surface area contributed by atoms with Crippen LogP contribution in [0.25, 0.3) is 0 Å². The molecule has 0 radical (unpaired) electrons. The minimum absolute atomic E-state index is 0.167. The van der Waals surface area contributed by atoms with Gasteiger partial charge in [-0.1, -0.05) is 17.7 Å². The molecule has 33 heavy (non-hydrogen) atoms. The van der Waals surface area contributed by atoms with Gasteiger partial charge in [-0.25, -0.2) is 13.2 Å². The first kappa shape index (κ1) is 22.0. The highest BCUT2D eigenvalue weighted by Gasteiger charge is 2.46. The van der Waals surface area contributed by atoms with Gasteiger partial charge < -0.3 is 4.90 Å². The number of carbonyl (C=O) groups excluding carboxylic acids is 1. The first-order chi connectivity index (χ1) is 15.8. The molecule has 0 saturated carbocycles. The van der Waals surface area contributed by atoms with Gasteiger partial charge in [0.1, 0.15) is 17.5 Å². The van der Waals surface area contributed by atoms with Crippen molar-refractivity contribution < 1.29 is 18.0 Å². The zero-order valence-corrected chi connectivity index (χ0v) is 18.6. The van der Waals surface area contributed by atoms with E-state index in [9.17, 15) is 18.0 Å². The van der Waals surface area contributed by atoms with Crippen molar-refractivity contribution in [1.29, 1.82) is 0 Å². The minimum atomic E-state index is -0.589. The SMILES string of the molecule is O=C(c1cccc(Cl)c1)N1CC2(CCN(Cc3cc(F)cc(F)c3)CC2)c2cc(F)ccc21. The smallest absolute Gasteiger partial charge is 0.258 e. The highest BCUT2D eigenvalue weighted by Crippen LogP contribution is 2.48. The number of benzene rings is 3. The summed E-state index contributed by atoms with van der Waals surface area (Å²) >= 11 is 6.09. The number of fused-ring (bicyclic) bond motifs is 2. The largest absolute Gasteiger partial charge is 0.307 e. The molecule has 2 aliphatic rings. The Balaban J connectivity index is 1.39. The Morgan fingerprint density at radius 2 is 1.64 bits per heavy atom. The molecule has 1 saturated heterocycles. The molecule has 3 aromatic carbocycles. The second-order valence-electron chi connectivity index (χ2n) is 8.90. The van der Waals surface area contributed by atoms with Crippen molar-refractivity contribution in [3.63, 3.8) is 0 Å². The van der Waals surface area contributed by atoms with E-state index in [0.29, 0.717) is 55.2 Å². The fourth-order valence-electron chi connectivity index (χ4n) is 5.13. The summed E-state index contributed by atoms with van der Waals surface area (Å²) in [5.41, 5.74) is 2.27. The van der Waals surface area contributed by atoms with Gasteiger partial charge in [0.25, 0.3) is 5.91 Å². The monoisotopic (exact) mass is 470 g/mol. The molecule has 0 unspecified atom stereocenters. The van der Waals surface area contributed by atoms with Crippen LogP contribution in [0.5, 0.6) is 0 Å². The lowest BCUT2D eigenvalue weighted by Crippen LogP contribution is -2.45. The third-order valence-electron chi connectivity index (χ3n) is 6.74. The molecule has 170 valence electrons. The van der Waals surface area contributed by atoms with Gasteiger partial charge in [0.15, 0.2) is 0 Å². The van der Waals surface area contributed by atoms with Gasteiger partial charge in [-0.15, -0.1) is 0 Å². The number of rotatable bonds is 3. The fraction of sp³-hybridized carbons (Fsp3) is 0.269. The van der Waals surface area contributed by atoms with E-state index in [0.717, 1.165) is 17.3 Å². The van der Waals surface area contributed by atoms with Crippen LogP contribution >= 0.6 is 11.6 Å². The maximum Gasteiger partial charge on any atom is 0.258 e. The van der Waals surface area contributed by atoms with Gasteiger partial charge in [0, 0.05) is 40.8 Å². The topological polar surface area (TPSA) is 23.6 Å². The lowest BCUT2D eigenvalue weighted by Gasteiger charge is -2.40. The molecule has 2 aliphatic heterocycles. The Hall–Kier alpha value is -2.83. The standard InChI is InChI=1S/C26H22ClF3N2O/c27-19-3-1-2-18(12-19)25(33)32-16-26(23-14-20(28)4-5-24(23)32)6-8-31(9-7-26)15-17-10-21(29)13-22(30)11-17/h1-5,10-14H,6-9,15-16H2. The van der Waals surface area contributed by atoms with Gasteiger partial charge in [-0.05, 0) is 85.6 Å². The molecule has 2 heterocycles. The first-order valence-electron chi connectivity index (χ1n) is 10.9. The molecule has 1 spiro atoms. The number of hydrogen-bond acceptors (Lipinski definition) is 2. The highest BCUT2D eigenvalue weighted by molar-refractivity contribution is 6.31. The summed E-state index contributed by atoms with van der Waals surface area (Å²) in [7, 11) is 0. The second kappa shape index (κ2) is 8.50. The van der Waals surface area contributed by atoms with E-state index in [4.69, 9.17) is 11.6 Å². The highest BCUT2D eigenvalue weighted by atomic mass is 35.5. The Bertz CT molecular complexity index is 1200. The van der Waals surface area contributed by atoms with Crippen molar-refractivity contribution in [1.82, 2.24) is 4.90 Å². The number of likely N-dealkylation sites (tertiary alicyclic amines) is 1. The van der Waals surface area contributed by atoms with E-state index in [2.05, 4.69) is 4.90 Å². The molecular weight excluding hydrogens is 449 g/mol. The molecular formula is C26H22ClF3N2O. The second-order valence-corrected chi connectivity index (χ2v) is 9.33. The number of piperidine rings is 1. The Kier molecular flexibility index (Phi) is 5.67. The van der Waals surface area contributed by atoms with Crippen LogP contribution in [0, 0.1) is 17.5 Å². The van der Waals surface area contributed by atoms with Gasteiger partial charge in [0.05, 0.1) is 0 Å². The lowest BCUT2D eigenvalue weighted by molar-refractivity contribution is 0.0975. The van der Waals surface area contributed by atoms with Crippen LogP contribution < -0.4 is 4.90 Å². The molecule has 0 atom stereocenters. The molecule has 0 aromatic heterocycles. The van der Waals surface area contributed by atoms with Crippen LogP contribution in [0.1, 0.15) is 34.3 Å². The van der Waals surface area contributed by atoms with E-state index < -0.39 is 11.6 Å². The maximum atomic E-state index is 14.2. The first-order valence-corrected chi connectivity index (χ1v) is 11.3. The normalized spacial score (nSPS) is 17.4. The number of halogens is 4. The summed E-state index contributed by atoms with van der Waals surface area (Å²) in [5.74, 6) is -1.68. The van der Waals surface area contributed by atoms with E-state index in [1.165, 1.54) is 24.3 Å². The average Bonchev–Trinajstić information content (AvgIpc) is 3.07. The van der Waals surface area contributed by atoms with Gasteiger partial charge in [-0.3, -0.25) is 9.69 Å². The summed E-state index contributed by atoms with van der Waals surface area (Å²) in [6.07, 6.45) is 1.42. The van der Waals surface area contributed by atoms with Crippen LogP contribution in [-0.4, -0.2) is 30.4 Å². The average molecular weight is 471 g/mol. The van der Waals surface area contributed by atoms with Crippen molar-refractivity contribution in [3.8, 4) is 0 Å². The van der Waals surface area contributed by atoms with Crippen LogP contribution in [0.3, 0.4) is 0 Å². The van der Waals surface area contributed by atoms with Gasteiger partial charge >= 0.3 is 0 Å². The summed E-state index contributed by atoms with van der Waals surface area (Å²) in [6.45, 7) is 2.24. The quantitative estimate of drug-likeness (QED) is 0.472. The summed E-state index contributed by atoms with van der Waals surface area (Å²) in [5, 5.41) is 0.483. The molecule has 3 aromatic rings. The molecule has 1 fully saturated rings. The van der Waals surface area contributed by atoms with E-state index in [-0.39, 0.29) is 17.1 Å². The number of nitrogens with zero attached hydrogens (tertiary/aromatic N) is 2. The molecule has 1 amide bonds. The molecule has 3 nitrogen and oxygen atoms in total. The van der Waals surface area contributed by atoms with Crippen LogP contribution in [0.2, 0.25) is 5.02 Å². The van der Waals surface area contributed by atoms with Crippen molar-refractivity contribution >= 4 is 23.2 Å². The Morgan fingerprint density at radius 1 is 0.909 bits per heavy atom. The van der Waals surface area contributed by atoms with Gasteiger partial charge in [0.2, 0.25) is 0 Å². The fourth-order valence-corrected chi connectivity index (χ4v) is 5.32. The molecule has 0 N–H and O–H groups in total. The number of anilines is 1. The molecule has 0 bridgehead atoms. The van der Waals surface area contributed by atoms with E-state index in [1.807, 2.05) is 0 Å². The van der Waals surface area contributed by atoms with Crippen molar-refractivity contribution in [2.24, 2.45) is 0 Å². The summed E-state index contributed by atoms with van der Waals surface area (Å²) < 4.78 is 41.4. The van der Waals surface area contributed by atoms with E-state index >= 15 is 0 Å². The maximum absolute atomic E-state index is 14.2. The number of hydrogen-bond donors (Lipinski definition) is 0. The van der Waals surface area contributed by atoms with Crippen molar-refractivity contribution in [3.05, 3.63) is 99.8 Å². The third kappa shape index (κ3) is 4.25. The number of amides is 1. The predicted molar refractivity (Wildman–Crippen MR) is 122 cm³/mol. The zero-order valence-electron chi connectivity index (χ0n) is 17.8. The molecule has 7 heteroatoms.